The quantitative estimate of drug-likeness (QED) is 0.615. The van der Waals surface area contributed by atoms with Crippen molar-refractivity contribution in [1.82, 2.24) is 9.55 Å². The van der Waals surface area contributed by atoms with E-state index in [4.69, 9.17) is 4.74 Å². The van der Waals surface area contributed by atoms with Gasteiger partial charge < -0.3 is 9.30 Å². The first kappa shape index (κ1) is 11.2. The Morgan fingerprint density at radius 3 is 3.17 bits per heavy atom. The molecule has 1 aromatic heterocycles. The minimum Gasteiger partial charge on any atom is -0.376 e. The zero-order valence-corrected chi connectivity index (χ0v) is 9.78. The lowest BCUT2D eigenvalue weighted by Gasteiger charge is -2.10. The first-order chi connectivity index (χ1) is 8.74. The van der Waals surface area contributed by atoms with Crippen LogP contribution in [0.1, 0.15) is 12.8 Å². The SMILES string of the molecule is O=[N+]([O-])c1ccc2c(c1)ncn2CC1CCCO1. The smallest absolute Gasteiger partial charge is 0.271 e. The fourth-order valence-electron chi connectivity index (χ4n) is 2.32. The average Bonchev–Trinajstić information content (AvgIpc) is 2.99. The number of nitrogens with zero attached hydrogens (tertiary/aromatic N) is 3. The lowest BCUT2D eigenvalue weighted by Crippen LogP contribution is -2.14. The van der Waals surface area contributed by atoms with Crippen molar-refractivity contribution >= 4 is 16.7 Å². The van der Waals surface area contributed by atoms with Gasteiger partial charge in [0.05, 0.1) is 34.9 Å². The van der Waals surface area contributed by atoms with Crippen LogP contribution in [0.15, 0.2) is 24.5 Å². The molecule has 0 spiro atoms. The highest BCUT2D eigenvalue weighted by molar-refractivity contribution is 5.77. The molecule has 2 heterocycles. The van der Waals surface area contributed by atoms with Gasteiger partial charge in [0.1, 0.15) is 0 Å². The van der Waals surface area contributed by atoms with Crippen LogP contribution in [0.3, 0.4) is 0 Å². The molecule has 2 aromatic rings. The minimum absolute atomic E-state index is 0.0740. The molecule has 0 amide bonds. The number of hydrogen-bond donors (Lipinski definition) is 0. The molecular weight excluding hydrogens is 234 g/mol. The van der Waals surface area contributed by atoms with Gasteiger partial charge in [-0.25, -0.2) is 4.98 Å². The van der Waals surface area contributed by atoms with E-state index in [0.717, 1.165) is 31.5 Å². The Bertz CT molecular complexity index is 587. The predicted octanol–water partition coefficient (Wildman–Crippen LogP) is 2.12. The third kappa shape index (κ3) is 1.95. The van der Waals surface area contributed by atoms with Crippen molar-refractivity contribution in [3.8, 4) is 0 Å². The van der Waals surface area contributed by atoms with Gasteiger partial charge >= 0.3 is 0 Å². The summed E-state index contributed by atoms with van der Waals surface area (Å²) in [5.41, 5.74) is 1.64. The number of hydrogen-bond acceptors (Lipinski definition) is 4. The lowest BCUT2D eigenvalue weighted by atomic mass is 10.2. The van der Waals surface area contributed by atoms with Crippen molar-refractivity contribution in [2.24, 2.45) is 0 Å². The van der Waals surface area contributed by atoms with Gasteiger partial charge in [-0.05, 0) is 18.9 Å². The van der Waals surface area contributed by atoms with Crippen molar-refractivity contribution in [2.75, 3.05) is 6.61 Å². The number of non-ortho nitro benzene ring substituents is 1. The molecule has 1 aliphatic heterocycles. The fraction of sp³-hybridized carbons (Fsp3) is 0.417. The van der Waals surface area contributed by atoms with Gasteiger partial charge in [0, 0.05) is 18.7 Å². The molecule has 1 aliphatic rings. The number of nitro groups is 1. The molecule has 3 rings (SSSR count). The maximum Gasteiger partial charge on any atom is 0.271 e. The molecular formula is C12H13N3O3. The molecule has 0 radical (unpaired) electrons. The van der Waals surface area contributed by atoms with Gasteiger partial charge in [-0.3, -0.25) is 10.1 Å². The minimum atomic E-state index is -0.404. The van der Waals surface area contributed by atoms with E-state index in [-0.39, 0.29) is 11.8 Å². The highest BCUT2D eigenvalue weighted by Gasteiger charge is 2.17. The monoisotopic (exact) mass is 247 g/mol. The van der Waals surface area contributed by atoms with Crippen molar-refractivity contribution in [2.45, 2.75) is 25.5 Å². The molecule has 94 valence electrons. The maximum atomic E-state index is 10.7. The molecule has 0 N–H and O–H groups in total. The fourth-order valence-corrected chi connectivity index (χ4v) is 2.32. The Labute approximate surface area is 103 Å². The highest BCUT2D eigenvalue weighted by atomic mass is 16.6. The van der Waals surface area contributed by atoms with E-state index < -0.39 is 4.92 Å². The van der Waals surface area contributed by atoms with Gasteiger partial charge in [0.2, 0.25) is 0 Å². The lowest BCUT2D eigenvalue weighted by molar-refractivity contribution is -0.384. The summed E-state index contributed by atoms with van der Waals surface area (Å²) in [6.45, 7) is 1.58. The summed E-state index contributed by atoms with van der Waals surface area (Å²) < 4.78 is 7.58. The van der Waals surface area contributed by atoms with Gasteiger partial charge in [0.25, 0.3) is 5.69 Å². The second-order valence-electron chi connectivity index (χ2n) is 4.46. The largest absolute Gasteiger partial charge is 0.376 e. The molecule has 6 heteroatoms. The molecule has 1 unspecified atom stereocenters. The highest BCUT2D eigenvalue weighted by Crippen LogP contribution is 2.21. The molecule has 0 bridgehead atoms. The summed E-state index contributed by atoms with van der Waals surface area (Å²) >= 11 is 0. The molecule has 0 saturated carbocycles. The van der Waals surface area contributed by atoms with Crippen LogP contribution >= 0.6 is 0 Å². The van der Waals surface area contributed by atoms with Crippen LogP contribution in [0, 0.1) is 10.1 Å². The van der Waals surface area contributed by atoms with Crippen molar-refractivity contribution < 1.29 is 9.66 Å². The van der Waals surface area contributed by atoms with E-state index in [9.17, 15) is 10.1 Å². The molecule has 18 heavy (non-hydrogen) atoms. The second-order valence-corrected chi connectivity index (χ2v) is 4.46. The van der Waals surface area contributed by atoms with Crippen LogP contribution in [0.4, 0.5) is 5.69 Å². The van der Waals surface area contributed by atoms with Crippen LogP contribution in [0.2, 0.25) is 0 Å². The van der Waals surface area contributed by atoms with Crippen LogP contribution < -0.4 is 0 Å². The van der Waals surface area contributed by atoms with E-state index in [1.54, 1.807) is 12.4 Å². The third-order valence-electron chi connectivity index (χ3n) is 3.24. The van der Waals surface area contributed by atoms with Gasteiger partial charge in [-0.2, -0.15) is 0 Å². The Morgan fingerprint density at radius 2 is 2.44 bits per heavy atom. The summed E-state index contributed by atoms with van der Waals surface area (Å²) in [6, 6.07) is 4.76. The number of imidazole rings is 1. The van der Waals surface area contributed by atoms with Crippen molar-refractivity contribution in [3.63, 3.8) is 0 Å². The summed E-state index contributed by atoms with van der Waals surface area (Å²) in [5, 5.41) is 10.7. The van der Waals surface area contributed by atoms with Crippen LogP contribution in [0.5, 0.6) is 0 Å². The topological polar surface area (TPSA) is 70.2 Å². The Morgan fingerprint density at radius 1 is 1.56 bits per heavy atom. The number of aromatic nitrogens is 2. The summed E-state index contributed by atoms with van der Waals surface area (Å²) in [7, 11) is 0. The van der Waals surface area contributed by atoms with Crippen molar-refractivity contribution in [1.29, 1.82) is 0 Å². The summed E-state index contributed by atoms with van der Waals surface area (Å²) in [4.78, 5) is 14.5. The molecule has 6 nitrogen and oxygen atoms in total. The number of nitro benzene ring substituents is 1. The number of fused-ring (bicyclic) bond motifs is 1. The first-order valence-corrected chi connectivity index (χ1v) is 5.95. The number of ether oxygens (including phenoxy) is 1. The van der Waals surface area contributed by atoms with E-state index in [1.807, 2.05) is 4.57 Å². The molecule has 0 aliphatic carbocycles. The maximum absolute atomic E-state index is 10.7. The Hall–Kier alpha value is -1.95. The Kier molecular flexibility index (Phi) is 2.71. The van der Waals surface area contributed by atoms with Crippen molar-refractivity contribution in [3.05, 3.63) is 34.6 Å². The van der Waals surface area contributed by atoms with E-state index in [0.29, 0.717) is 5.52 Å². The Balaban J connectivity index is 1.91. The number of rotatable bonds is 3. The predicted molar refractivity (Wildman–Crippen MR) is 65.4 cm³/mol. The van der Waals surface area contributed by atoms with Gasteiger partial charge in [-0.1, -0.05) is 0 Å². The standard InChI is InChI=1S/C12H13N3O3/c16-15(17)9-3-4-12-11(6-9)13-8-14(12)7-10-2-1-5-18-10/h3-4,6,8,10H,1-2,5,7H2. The number of benzene rings is 1. The molecule has 1 fully saturated rings. The zero-order chi connectivity index (χ0) is 12.5. The average molecular weight is 247 g/mol. The third-order valence-corrected chi connectivity index (χ3v) is 3.24. The second kappa shape index (κ2) is 4.38. The first-order valence-electron chi connectivity index (χ1n) is 5.95. The van der Waals surface area contributed by atoms with Crippen LogP contribution in [-0.4, -0.2) is 27.2 Å². The molecule has 1 aromatic carbocycles. The normalized spacial score (nSPS) is 19.4. The van der Waals surface area contributed by atoms with Crippen LogP contribution in [-0.2, 0) is 11.3 Å². The summed E-state index contributed by atoms with van der Waals surface area (Å²) in [5.74, 6) is 0. The van der Waals surface area contributed by atoms with Gasteiger partial charge in [0.15, 0.2) is 0 Å². The molecule has 1 saturated heterocycles. The molecule has 1 atom stereocenters. The van der Waals surface area contributed by atoms with Crippen LogP contribution in [0.25, 0.3) is 11.0 Å². The van der Waals surface area contributed by atoms with E-state index in [1.165, 1.54) is 12.1 Å². The van der Waals surface area contributed by atoms with E-state index >= 15 is 0 Å². The summed E-state index contributed by atoms with van der Waals surface area (Å²) in [6.07, 6.45) is 4.11. The van der Waals surface area contributed by atoms with Gasteiger partial charge in [-0.15, -0.1) is 0 Å². The van der Waals surface area contributed by atoms with E-state index in [2.05, 4.69) is 4.98 Å². The zero-order valence-electron chi connectivity index (χ0n) is 9.78.